The van der Waals surface area contributed by atoms with Gasteiger partial charge in [0.15, 0.2) is 0 Å². The van der Waals surface area contributed by atoms with E-state index < -0.39 is 17.8 Å². The Morgan fingerprint density at radius 1 is 0.973 bits per heavy atom. The summed E-state index contributed by atoms with van der Waals surface area (Å²) in [6.45, 7) is 15.7. The van der Waals surface area contributed by atoms with Gasteiger partial charge in [-0.1, -0.05) is 79.4 Å². The zero-order chi connectivity index (χ0) is 27.1. The first-order chi connectivity index (χ1) is 17.4. The molecule has 4 aliphatic carbocycles. The molecule has 3 saturated carbocycles. The molecule has 210 valence electrons. The SMILES string of the molecule is CC(C)CCC[C@@H](C)[C@H]1CCC2C3CC=C4CC(OC(=O)C(C)C(C)C(=O)O)CC[C@]4(C)C3CC[C@@]21C. The summed E-state index contributed by atoms with van der Waals surface area (Å²) in [6.07, 6.45) is 16.1. The first-order valence-electron chi connectivity index (χ1n) is 15.5. The van der Waals surface area contributed by atoms with Crippen molar-refractivity contribution in [3.8, 4) is 0 Å². The van der Waals surface area contributed by atoms with Crippen molar-refractivity contribution in [2.24, 2.45) is 58.2 Å². The lowest BCUT2D eigenvalue weighted by Crippen LogP contribution is -2.51. The highest BCUT2D eigenvalue weighted by Gasteiger charge is 2.59. The Balaban J connectivity index is 1.41. The molecule has 0 bridgehead atoms. The Kier molecular flexibility index (Phi) is 8.56. The van der Waals surface area contributed by atoms with E-state index in [9.17, 15) is 14.7 Å². The topological polar surface area (TPSA) is 63.6 Å². The Bertz CT molecular complexity index is 876. The number of carbonyl (C=O) groups is 2. The molecule has 0 spiro atoms. The number of fused-ring (bicyclic) bond motifs is 5. The van der Waals surface area contributed by atoms with Crippen LogP contribution in [0.15, 0.2) is 11.6 Å². The van der Waals surface area contributed by atoms with E-state index in [0.717, 1.165) is 54.8 Å². The molecule has 37 heavy (non-hydrogen) atoms. The Morgan fingerprint density at radius 3 is 2.38 bits per heavy atom. The van der Waals surface area contributed by atoms with E-state index in [1.807, 2.05) is 0 Å². The summed E-state index contributed by atoms with van der Waals surface area (Å²) in [4.78, 5) is 24.0. The number of carboxylic acid groups (broad SMARTS) is 1. The number of hydrogen-bond donors (Lipinski definition) is 1. The molecular formula is C33H54O4. The van der Waals surface area contributed by atoms with E-state index >= 15 is 0 Å². The number of carboxylic acids is 1. The first kappa shape index (κ1) is 28.7. The molecular weight excluding hydrogens is 460 g/mol. The Morgan fingerprint density at radius 2 is 1.70 bits per heavy atom. The van der Waals surface area contributed by atoms with Crippen LogP contribution in [0.5, 0.6) is 0 Å². The smallest absolute Gasteiger partial charge is 0.309 e. The molecule has 0 aromatic rings. The van der Waals surface area contributed by atoms with Crippen molar-refractivity contribution in [3.63, 3.8) is 0 Å². The quantitative estimate of drug-likeness (QED) is 0.248. The van der Waals surface area contributed by atoms with Crippen molar-refractivity contribution in [2.45, 2.75) is 125 Å². The normalized spacial score (nSPS) is 39.6. The lowest BCUT2D eigenvalue weighted by atomic mass is 9.47. The maximum absolute atomic E-state index is 12.7. The van der Waals surface area contributed by atoms with Gasteiger partial charge in [0, 0.05) is 6.42 Å². The minimum Gasteiger partial charge on any atom is -0.481 e. The standard InChI is InChI=1S/C33H54O4/c1-20(2)9-8-10-21(3)27-13-14-28-26-12-11-24-19-25(37-31(36)23(5)22(4)30(34)35)15-17-32(24,6)29(26)16-18-33(27,28)7/h11,20-23,25-29H,8-10,12-19H2,1-7H3,(H,34,35)/t21-,22?,23?,25?,26?,27-,28?,29?,32+,33-/m1/s1. The molecule has 0 amide bonds. The second kappa shape index (κ2) is 11.0. The van der Waals surface area contributed by atoms with E-state index in [-0.39, 0.29) is 17.5 Å². The van der Waals surface area contributed by atoms with Gasteiger partial charge in [-0.15, -0.1) is 0 Å². The Labute approximate surface area is 226 Å². The molecule has 10 atom stereocenters. The molecule has 4 aliphatic rings. The first-order valence-corrected chi connectivity index (χ1v) is 15.5. The monoisotopic (exact) mass is 514 g/mol. The molecule has 4 heteroatoms. The maximum atomic E-state index is 12.7. The van der Waals surface area contributed by atoms with Crippen molar-refractivity contribution < 1.29 is 19.4 Å². The van der Waals surface area contributed by atoms with Crippen LogP contribution in [0.4, 0.5) is 0 Å². The van der Waals surface area contributed by atoms with Crippen LogP contribution in [-0.2, 0) is 14.3 Å². The zero-order valence-electron chi connectivity index (χ0n) is 24.7. The molecule has 0 aromatic carbocycles. The lowest BCUT2D eigenvalue weighted by Gasteiger charge is -2.58. The number of ether oxygens (including phenoxy) is 1. The van der Waals surface area contributed by atoms with Gasteiger partial charge in [0.05, 0.1) is 11.8 Å². The number of hydrogen-bond acceptors (Lipinski definition) is 3. The third-order valence-corrected chi connectivity index (χ3v) is 12.1. The Hall–Kier alpha value is -1.32. The second-order valence-corrected chi connectivity index (χ2v) is 14.5. The van der Waals surface area contributed by atoms with Gasteiger partial charge in [-0.05, 0) is 91.3 Å². The highest BCUT2D eigenvalue weighted by molar-refractivity contribution is 5.80. The summed E-state index contributed by atoms with van der Waals surface area (Å²) in [5.41, 5.74) is 2.25. The van der Waals surface area contributed by atoms with Gasteiger partial charge in [-0.3, -0.25) is 9.59 Å². The van der Waals surface area contributed by atoms with Gasteiger partial charge >= 0.3 is 11.9 Å². The predicted octanol–water partition coefficient (Wildman–Crippen LogP) is 8.30. The predicted molar refractivity (Wildman–Crippen MR) is 149 cm³/mol. The van der Waals surface area contributed by atoms with Gasteiger partial charge in [-0.25, -0.2) is 0 Å². The highest BCUT2D eigenvalue weighted by Crippen LogP contribution is 2.67. The van der Waals surface area contributed by atoms with Crippen molar-refractivity contribution >= 4 is 11.9 Å². The van der Waals surface area contributed by atoms with Crippen LogP contribution < -0.4 is 0 Å². The molecule has 0 radical (unpaired) electrons. The average molecular weight is 515 g/mol. The van der Waals surface area contributed by atoms with Gasteiger partial charge in [0.25, 0.3) is 0 Å². The zero-order valence-corrected chi connectivity index (χ0v) is 24.7. The number of aliphatic carboxylic acids is 1. The maximum Gasteiger partial charge on any atom is 0.309 e. The fourth-order valence-corrected chi connectivity index (χ4v) is 9.44. The molecule has 0 saturated heterocycles. The van der Waals surface area contributed by atoms with Crippen LogP contribution in [-0.4, -0.2) is 23.1 Å². The van der Waals surface area contributed by atoms with E-state index in [4.69, 9.17) is 4.74 Å². The van der Waals surface area contributed by atoms with Crippen molar-refractivity contribution in [3.05, 3.63) is 11.6 Å². The number of allylic oxidation sites excluding steroid dienone is 1. The molecule has 0 aromatic heterocycles. The minimum absolute atomic E-state index is 0.108. The van der Waals surface area contributed by atoms with E-state index in [1.165, 1.54) is 56.9 Å². The van der Waals surface area contributed by atoms with Gasteiger partial charge < -0.3 is 9.84 Å². The van der Waals surface area contributed by atoms with Crippen LogP contribution in [0.2, 0.25) is 0 Å². The lowest BCUT2D eigenvalue weighted by molar-refractivity contribution is -0.162. The molecule has 3 fully saturated rings. The van der Waals surface area contributed by atoms with Crippen molar-refractivity contribution in [1.29, 1.82) is 0 Å². The molecule has 0 heterocycles. The van der Waals surface area contributed by atoms with Crippen LogP contribution in [0.25, 0.3) is 0 Å². The summed E-state index contributed by atoms with van der Waals surface area (Å²) in [5, 5.41) is 9.28. The van der Waals surface area contributed by atoms with Crippen molar-refractivity contribution in [2.75, 3.05) is 0 Å². The highest BCUT2D eigenvalue weighted by atomic mass is 16.5. The fraction of sp³-hybridized carbons (Fsp3) is 0.879. The van der Waals surface area contributed by atoms with Crippen LogP contribution >= 0.6 is 0 Å². The minimum atomic E-state index is -0.940. The number of esters is 1. The van der Waals surface area contributed by atoms with Gasteiger partial charge in [0.2, 0.25) is 0 Å². The van der Waals surface area contributed by atoms with E-state index in [2.05, 4.69) is 40.7 Å². The van der Waals surface area contributed by atoms with Crippen LogP contribution in [0.3, 0.4) is 0 Å². The van der Waals surface area contributed by atoms with E-state index in [0.29, 0.717) is 5.41 Å². The summed E-state index contributed by atoms with van der Waals surface area (Å²) in [5.74, 6) is 2.31. The fourth-order valence-electron chi connectivity index (χ4n) is 9.44. The van der Waals surface area contributed by atoms with Crippen LogP contribution in [0.1, 0.15) is 119 Å². The summed E-state index contributed by atoms with van der Waals surface area (Å²) in [6, 6.07) is 0. The average Bonchev–Trinajstić information content (AvgIpc) is 3.20. The molecule has 4 rings (SSSR count). The number of rotatable bonds is 9. The third-order valence-electron chi connectivity index (χ3n) is 12.1. The van der Waals surface area contributed by atoms with E-state index in [1.54, 1.807) is 13.8 Å². The van der Waals surface area contributed by atoms with Crippen LogP contribution in [0, 0.1) is 58.2 Å². The summed E-state index contributed by atoms with van der Waals surface area (Å²) < 4.78 is 5.88. The summed E-state index contributed by atoms with van der Waals surface area (Å²) >= 11 is 0. The third kappa shape index (κ3) is 5.42. The second-order valence-electron chi connectivity index (χ2n) is 14.5. The summed E-state index contributed by atoms with van der Waals surface area (Å²) in [7, 11) is 0. The molecule has 4 nitrogen and oxygen atoms in total. The number of carbonyl (C=O) groups excluding carboxylic acids is 1. The van der Waals surface area contributed by atoms with Crippen molar-refractivity contribution in [1.82, 2.24) is 0 Å². The molecule has 6 unspecified atom stereocenters. The van der Waals surface area contributed by atoms with Gasteiger partial charge in [0.1, 0.15) is 6.10 Å². The molecule has 1 N–H and O–H groups in total. The van der Waals surface area contributed by atoms with Gasteiger partial charge in [-0.2, -0.15) is 0 Å². The molecule has 0 aliphatic heterocycles. The largest absolute Gasteiger partial charge is 0.481 e.